The second-order valence-corrected chi connectivity index (χ2v) is 17.4. The molecule has 298 valence electrons. The van der Waals surface area contributed by atoms with E-state index in [1.54, 1.807) is 0 Å². The van der Waals surface area contributed by atoms with Crippen LogP contribution in [0.4, 0.5) is 0 Å². The lowest BCUT2D eigenvalue weighted by atomic mass is 9.75. The van der Waals surface area contributed by atoms with Crippen molar-refractivity contribution in [1.29, 1.82) is 0 Å². The zero-order valence-corrected chi connectivity index (χ0v) is 34.4. The summed E-state index contributed by atoms with van der Waals surface area (Å²) in [6, 6.07) is 46.8. The lowest BCUT2D eigenvalue weighted by Crippen LogP contribution is -2.57. The molecule has 2 N–H and O–H groups in total. The van der Waals surface area contributed by atoms with Crippen molar-refractivity contribution in [3.05, 3.63) is 215 Å². The summed E-state index contributed by atoms with van der Waals surface area (Å²) >= 11 is 0. The molecule has 4 unspecified atom stereocenters. The summed E-state index contributed by atoms with van der Waals surface area (Å²) in [5.41, 5.74) is 14.1. The minimum Gasteiger partial charge on any atom is -0.354 e. The molecule has 5 nitrogen and oxygen atoms in total. The van der Waals surface area contributed by atoms with E-state index in [2.05, 4.69) is 208 Å². The molecule has 2 aromatic heterocycles. The van der Waals surface area contributed by atoms with E-state index >= 15 is 0 Å². The average molecular weight is 800 g/mol. The van der Waals surface area contributed by atoms with Crippen molar-refractivity contribution in [3.8, 4) is 5.69 Å². The minimum absolute atomic E-state index is 0.0448. The normalized spacial score (nSPS) is 21.4. The van der Waals surface area contributed by atoms with Gasteiger partial charge in [0, 0.05) is 67.5 Å². The Morgan fingerprint density at radius 3 is 2.21 bits per heavy atom. The SMILES string of the molecule is C1=CC2=CC=C(n3c4c(c5cc6ccc(-n7c8c(c9ccc%10ccccc%10c97)C=CCC8)cc6cc53)C=CCC4)C(C3NC(c4ccccc4)=NC(c4ccccc4)N3)C2C=C1. The molecule has 0 amide bonds. The molecule has 13 rings (SSSR count). The number of allylic oxidation sites excluding steroid dienone is 9. The third-order valence-electron chi connectivity index (χ3n) is 13.9. The zero-order chi connectivity index (χ0) is 40.7. The molecule has 0 saturated heterocycles. The Hall–Kier alpha value is -7.21. The van der Waals surface area contributed by atoms with Crippen molar-refractivity contribution in [1.82, 2.24) is 19.8 Å². The van der Waals surface area contributed by atoms with Crippen molar-refractivity contribution in [2.75, 3.05) is 0 Å². The topological polar surface area (TPSA) is 46.3 Å². The first-order valence-corrected chi connectivity index (χ1v) is 22.2. The van der Waals surface area contributed by atoms with Gasteiger partial charge >= 0.3 is 0 Å². The van der Waals surface area contributed by atoms with Gasteiger partial charge in [-0.15, -0.1) is 0 Å². The Morgan fingerprint density at radius 1 is 0.597 bits per heavy atom. The van der Waals surface area contributed by atoms with Gasteiger partial charge in [0.25, 0.3) is 0 Å². The summed E-state index contributed by atoms with van der Waals surface area (Å²) < 4.78 is 5.21. The molecule has 0 radical (unpaired) electrons. The van der Waals surface area contributed by atoms with Gasteiger partial charge in [0.15, 0.2) is 0 Å². The van der Waals surface area contributed by atoms with E-state index in [1.807, 2.05) is 0 Å². The highest BCUT2D eigenvalue weighted by atomic mass is 15.3. The molecule has 8 aromatic rings. The van der Waals surface area contributed by atoms with E-state index in [0.717, 1.165) is 42.6 Å². The zero-order valence-electron chi connectivity index (χ0n) is 34.4. The molecule has 0 fully saturated rings. The lowest BCUT2D eigenvalue weighted by Gasteiger charge is -2.43. The van der Waals surface area contributed by atoms with Gasteiger partial charge < -0.3 is 14.5 Å². The monoisotopic (exact) mass is 799 g/mol. The standard InChI is InChI=1S/C57H45N5/c1-3-17-38(18-4-1)55-58-56(39-19-5-2-6-20-39)60-57(59-55)53-43-21-9-7-15-36(43)29-32-51(53)62-50-26-14-12-24-46(50)48-34-40-27-30-42(33-41(40)35-52(48)62)61-49-25-13-11-23-45(49)47-31-28-37-16-8-10-22-44(37)54(47)61/h1-12,15-24,27-35,43,53,55,57,59H,13-14,25-26H2,(H,58,60). The van der Waals surface area contributed by atoms with Crippen LogP contribution in [0.2, 0.25) is 0 Å². The largest absolute Gasteiger partial charge is 0.354 e. The molecule has 6 aromatic carbocycles. The van der Waals surface area contributed by atoms with Crippen LogP contribution in [0.5, 0.6) is 0 Å². The molecule has 3 heterocycles. The van der Waals surface area contributed by atoms with Crippen molar-refractivity contribution >= 4 is 67.0 Å². The first-order valence-electron chi connectivity index (χ1n) is 22.2. The molecule has 62 heavy (non-hydrogen) atoms. The number of hydrogen-bond acceptors (Lipinski definition) is 3. The van der Waals surface area contributed by atoms with Gasteiger partial charge in [-0.1, -0.05) is 158 Å². The number of benzene rings is 6. The second-order valence-electron chi connectivity index (χ2n) is 17.4. The quantitative estimate of drug-likeness (QED) is 0.182. The predicted octanol–water partition coefficient (Wildman–Crippen LogP) is 12.6. The highest BCUT2D eigenvalue weighted by molar-refractivity contribution is 6.11. The van der Waals surface area contributed by atoms with E-state index in [9.17, 15) is 0 Å². The number of fused-ring (bicyclic) bond motifs is 10. The Kier molecular flexibility index (Phi) is 8.13. The van der Waals surface area contributed by atoms with Crippen LogP contribution in [-0.4, -0.2) is 21.1 Å². The molecule has 1 aliphatic heterocycles. The Labute approximate surface area is 361 Å². The fraction of sp³-hybridized carbons (Fsp3) is 0.140. The predicted molar refractivity (Wildman–Crippen MR) is 258 cm³/mol. The minimum atomic E-state index is -0.208. The highest BCUT2D eigenvalue weighted by Gasteiger charge is 2.41. The van der Waals surface area contributed by atoms with Crippen LogP contribution in [0.1, 0.15) is 52.6 Å². The summed E-state index contributed by atoms with van der Waals surface area (Å²) in [5, 5.41) is 15.7. The highest BCUT2D eigenvalue weighted by Crippen LogP contribution is 2.46. The Balaban J connectivity index is 1.01. The van der Waals surface area contributed by atoms with Crippen LogP contribution in [-0.2, 0) is 12.8 Å². The lowest BCUT2D eigenvalue weighted by molar-refractivity contribution is 0.300. The number of aliphatic imine (C=N–C) groups is 1. The smallest absolute Gasteiger partial charge is 0.131 e. The van der Waals surface area contributed by atoms with Gasteiger partial charge in [-0.05, 0) is 83.3 Å². The fourth-order valence-corrected chi connectivity index (χ4v) is 11.1. The maximum Gasteiger partial charge on any atom is 0.131 e. The molecule has 4 aliphatic carbocycles. The summed E-state index contributed by atoms with van der Waals surface area (Å²) in [4.78, 5) is 5.31. The van der Waals surface area contributed by atoms with E-state index < -0.39 is 0 Å². The molecule has 0 bridgehead atoms. The van der Waals surface area contributed by atoms with Gasteiger partial charge in [-0.25, -0.2) is 4.99 Å². The second kappa shape index (κ2) is 14.2. The van der Waals surface area contributed by atoms with Crippen molar-refractivity contribution < 1.29 is 0 Å². The Morgan fingerprint density at radius 2 is 1.35 bits per heavy atom. The van der Waals surface area contributed by atoms with Gasteiger partial charge in [0.1, 0.15) is 12.0 Å². The first kappa shape index (κ1) is 35.5. The van der Waals surface area contributed by atoms with Crippen LogP contribution < -0.4 is 10.6 Å². The molecule has 5 heteroatoms. The van der Waals surface area contributed by atoms with E-state index in [1.165, 1.54) is 82.8 Å². The maximum atomic E-state index is 5.31. The third kappa shape index (κ3) is 5.55. The van der Waals surface area contributed by atoms with Crippen molar-refractivity contribution in [3.63, 3.8) is 0 Å². The van der Waals surface area contributed by atoms with Gasteiger partial charge in [-0.2, -0.15) is 0 Å². The van der Waals surface area contributed by atoms with Crippen LogP contribution in [0.25, 0.3) is 66.9 Å². The maximum absolute atomic E-state index is 5.31. The Bertz CT molecular complexity index is 3370. The molecular weight excluding hydrogens is 755 g/mol. The van der Waals surface area contributed by atoms with Gasteiger partial charge in [0.05, 0.1) is 17.2 Å². The van der Waals surface area contributed by atoms with Crippen LogP contribution in [0.3, 0.4) is 0 Å². The number of nitrogens with one attached hydrogen (secondary N) is 2. The van der Waals surface area contributed by atoms with Crippen molar-refractivity contribution in [2.45, 2.75) is 38.0 Å². The van der Waals surface area contributed by atoms with E-state index in [4.69, 9.17) is 4.99 Å². The van der Waals surface area contributed by atoms with E-state index in [0.29, 0.717) is 0 Å². The third-order valence-corrected chi connectivity index (χ3v) is 13.9. The number of rotatable bonds is 5. The number of nitrogens with zero attached hydrogens (tertiary/aromatic N) is 3. The van der Waals surface area contributed by atoms with Gasteiger partial charge in [0.2, 0.25) is 0 Å². The average Bonchev–Trinajstić information content (AvgIpc) is 3.85. The number of aromatic nitrogens is 2. The molecule has 0 saturated carbocycles. The van der Waals surface area contributed by atoms with Crippen LogP contribution >= 0.6 is 0 Å². The molecule has 4 atom stereocenters. The first-order chi connectivity index (χ1) is 30.7. The van der Waals surface area contributed by atoms with Crippen molar-refractivity contribution in [2.24, 2.45) is 16.8 Å². The molecule has 0 spiro atoms. The number of hydrogen-bond donors (Lipinski definition) is 2. The molecule has 5 aliphatic rings. The number of amidine groups is 1. The summed E-state index contributed by atoms with van der Waals surface area (Å²) in [6.07, 6.45) is 27.0. The van der Waals surface area contributed by atoms with Gasteiger partial charge in [-0.3, -0.25) is 5.32 Å². The molecular formula is C57H45N5. The van der Waals surface area contributed by atoms with Crippen LogP contribution in [0.15, 0.2) is 187 Å². The summed E-state index contributed by atoms with van der Waals surface area (Å²) in [6.45, 7) is 0. The summed E-state index contributed by atoms with van der Waals surface area (Å²) in [7, 11) is 0. The summed E-state index contributed by atoms with van der Waals surface area (Å²) in [5.74, 6) is 1.12. The fourth-order valence-electron chi connectivity index (χ4n) is 11.1. The van der Waals surface area contributed by atoms with Crippen LogP contribution in [0, 0.1) is 11.8 Å². The van der Waals surface area contributed by atoms with E-state index in [-0.39, 0.29) is 24.2 Å².